The highest BCUT2D eigenvalue weighted by atomic mass is 16.6. The molecular formula is C28H44O5. The highest BCUT2D eigenvalue weighted by Crippen LogP contribution is 2.76. The van der Waals surface area contributed by atoms with Crippen molar-refractivity contribution in [2.75, 3.05) is 19.8 Å². The van der Waals surface area contributed by atoms with Gasteiger partial charge in [-0.3, -0.25) is 4.79 Å². The van der Waals surface area contributed by atoms with Crippen molar-refractivity contribution in [3.05, 3.63) is 23.3 Å². The largest absolute Gasteiger partial charge is 0.392 e. The van der Waals surface area contributed by atoms with E-state index < -0.39 is 11.2 Å². The second-order valence-corrected chi connectivity index (χ2v) is 12.6. The van der Waals surface area contributed by atoms with E-state index in [1.807, 2.05) is 13.0 Å². The molecule has 0 amide bonds. The monoisotopic (exact) mass is 460 g/mol. The van der Waals surface area contributed by atoms with Gasteiger partial charge in [-0.25, -0.2) is 0 Å². The quantitative estimate of drug-likeness (QED) is 0.558. The number of hydrogen-bond donors (Lipinski definition) is 2. The van der Waals surface area contributed by atoms with Crippen LogP contribution in [0.2, 0.25) is 0 Å². The highest BCUT2D eigenvalue weighted by molar-refractivity contribution is 5.99. The van der Waals surface area contributed by atoms with Gasteiger partial charge in [-0.15, -0.1) is 0 Å². The number of ketones is 1. The number of fused-ring (bicyclic) bond motifs is 5. The lowest BCUT2D eigenvalue weighted by Gasteiger charge is -2.53. The Kier molecular flexibility index (Phi) is 6.30. The molecule has 0 heterocycles. The van der Waals surface area contributed by atoms with Crippen LogP contribution in [0.1, 0.15) is 61.8 Å². The lowest BCUT2D eigenvalue weighted by Crippen LogP contribution is -2.63. The minimum atomic E-state index is -1.14. The maximum Gasteiger partial charge on any atom is 0.162 e. The lowest BCUT2D eigenvalue weighted by atomic mass is 9.59. The van der Waals surface area contributed by atoms with Crippen molar-refractivity contribution in [1.82, 2.24) is 0 Å². The Morgan fingerprint density at radius 1 is 1.09 bits per heavy atom. The average Bonchev–Trinajstić information content (AvgIpc) is 3.14. The number of carbonyl (C=O) groups excluding carboxylic acids is 1. The molecule has 4 aliphatic rings. The van der Waals surface area contributed by atoms with Gasteiger partial charge in [0.1, 0.15) is 5.60 Å². The molecule has 4 aliphatic carbocycles. The van der Waals surface area contributed by atoms with Gasteiger partial charge in [0.15, 0.2) is 5.78 Å². The smallest absolute Gasteiger partial charge is 0.162 e. The van der Waals surface area contributed by atoms with Crippen molar-refractivity contribution in [3.63, 3.8) is 0 Å². The van der Waals surface area contributed by atoms with Gasteiger partial charge < -0.3 is 19.7 Å². The molecule has 8 atom stereocenters. The molecular weight excluding hydrogens is 416 g/mol. The third kappa shape index (κ3) is 3.44. The molecule has 5 nitrogen and oxygen atoms in total. The van der Waals surface area contributed by atoms with E-state index in [2.05, 4.69) is 54.5 Å². The van der Waals surface area contributed by atoms with Crippen LogP contribution in [-0.4, -0.2) is 53.1 Å². The van der Waals surface area contributed by atoms with Crippen molar-refractivity contribution >= 4 is 5.78 Å². The van der Waals surface area contributed by atoms with Crippen LogP contribution < -0.4 is 0 Å². The van der Waals surface area contributed by atoms with Crippen LogP contribution in [0.5, 0.6) is 0 Å². The van der Waals surface area contributed by atoms with Crippen molar-refractivity contribution in [2.24, 2.45) is 46.8 Å². The lowest BCUT2D eigenvalue weighted by molar-refractivity contribution is -0.223. The van der Waals surface area contributed by atoms with Crippen molar-refractivity contribution in [3.8, 4) is 0 Å². The number of allylic oxidation sites excluding steroid dienone is 1. The highest BCUT2D eigenvalue weighted by Gasteiger charge is 2.85. The first-order valence-electron chi connectivity index (χ1n) is 12.8. The zero-order valence-electron chi connectivity index (χ0n) is 21.7. The van der Waals surface area contributed by atoms with Crippen LogP contribution in [0.3, 0.4) is 0 Å². The zero-order chi connectivity index (χ0) is 24.5. The van der Waals surface area contributed by atoms with Crippen LogP contribution in [-0.2, 0) is 14.3 Å². The molecule has 0 saturated heterocycles. The summed E-state index contributed by atoms with van der Waals surface area (Å²) in [7, 11) is 0. The van der Waals surface area contributed by atoms with Crippen LogP contribution in [0.4, 0.5) is 0 Å². The number of rotatable bonds is 7. The second-order valence-electron chi connectivity index (χ2n) is 12.6. The Bertz CT molecular complexity index is 854. The maximum absolute atomic E-state index is 13.1. The van der Waals surface area contributed by atoms with Gasteiger partial charge in [-0.2, -0.15) is 0 Å². The average molecular weight is 461 g/mol. The second kappa shape index (κ2) is 8.29. The fourth-order valence-electron chi connectivity index (χ4n) is 7.54. The third-order valence-electron chi connectivity index (χ3n) is 9.15. The Hall–Kier alpha value is -1.01. The molecule has 2 saturated carbocycles. The van der Waals surface area contributed by atoms with Crippen LogP contribution >= 0.6 is 0 Å². The van der Waals surface area contributed by atoms with Gasteiger partial charge in [0.25, 0.3) is 0 Å². The first-order valence-corrected chi connectivity index (χ1v) is 12.8. The molecule has 0 aromatic carbocycles. The van der Waals surface area contributed by atoms with E-state index in [4.69, 9.17) is 9.47 Å². The predicted octanol–water partition coefficient (Wildman–Crippen LogP) is 4.18. The topological polar surface area (TPSA) is 76.0 Å². The molecule has 2 N–H and O–H groups in total. The predicted molar refractivity (Wildman–Crippen MR) is 129 cm³/mol. The van der Waals surface area contributed by atoms with E-state index in [1.165, 1.54) is 0 Å². The number of hydrogen-bond acceptors (Lipinski definition) is 5. The molecule has 0 aromatic heterocycles. The number of aliphatic hydroxyl groups is 2. The normalized spacial score (nSPS) is 43.6. The number of Topliss-reactive ketones (excluding diaryl/α,β-unsaturated/α-hetero) is 1. The standard InChI is InChI=1S/C28H44O5/c1-15(2)13-32-25-18(6)27(31)21-9-17(5)23(30)20(21)10-19(12-29)11-22(27)24-26(7,8)28(24,25)33-14-16(3)4/h9,11,15-16,18,20-22,24-25,29,31H,10,12-14H2,1-8H3/t18-,20-,21-,22+,24-,25-,27+,28-/m1/s1. The molecule has 0 radical (unpaired) electrons. The van der Waals surface area contributed by atoms with E-state index in [-0.39, 0.29) is 53.5 Å². The summed E-state index contributed by atoms with van der Waals surface area (Å²) < 4.78 is 13.4. The van der Waals surface area contributed by atoms with E-state index in [0.29, 0.717) is 31.5 Å². The fraction of sp³-hybridized carbons (Fsp3) is 0.821. The van der Waals surface area contributed by atoms with Gasteiger partial charge in [0, 0.05) is 48.2 Å². The Labute approximate surface area is 199 Å². The van der Waals surface area contributed by atoms with Crippen LogP contribution in [0, 0.1) is 46.8 Å². The summed E-state index contributed by atoms with van der Waals surface area (Å²) >= 11 is 0. The van der Waals surface area contributed by atoms with Gasteiger partial charge in [0.2, 0.25) is 0 Å². The molecule has 33 heavy (non-hydrogen) atoms. The molecule has 0 aliphatic heterocycles. The van der Waals surface area contributed by atoms with Gasteiger partial charge in [-0.1, -0.05) is 60.6 Å². The minimum Gasteiger partial charge on any atom is -0.392 e. The summed E-state index contributed by atoms with van der Waals surface area (Å²) in [6.45, 7) is 18.2. The van der Waals surface area contributed by atoms with Crippen molar-refractivity contribution in [2.45, 2.75) is 79.1 Å². The summed E-state index contributed by atoms with van der Waals surface area (Å²) in [5.74, 6) is -0.144. The number of carbonyl (C=O) groups is 1. The molecule has 0 bridgehead atoms. The maximum atomic E-state index is 13.1. The summed E-state index contributed by atoms with van der Waals surface area (Å²) in [4.78, 5) is 13.1. The van der Waals surface area contributed by atoms with Gasteiger partial charge in [-0.05, 0) is 36.3 Å². The molecule has 5 heteroatoms. The third-order valence-corrected chi connectivity index (χ3v) is 9.15. The fourth-order valence-corrected chi connectivity index (χ4v) is 7.54. The SMILES string of the molecule is CC1=C[C@@H]2[C@@H](CC(CO)=C[C@H]3[C@@H]4C(C)(C)[C@]4(OCC(C)C)[C@H](OCC(C)C)[C@@H](C)[C@]23O)C1=O. The summed E-state index contributed by atoms with van der Waals surface area (Å²) in [6.07, 6.45) is 4.33. The Morgan fingerprint density at radius 2 is 1.73 bits per heavy atom. The Morgan fingerprint density at radius 3 is 2.30 bits per heavy atom. The number of ether oxygens (including phenoxy) is 2. The molecule has 0 spiro atoms. The van der Waals surface area contributed by atoms with E-state index in [1.54, 1.807) is 0 Å². The zero-order valence-corrected chi connectivity index (χ0v) is 21.7. The van der Waals surface area contributed by atoms with Crippen molar-refractivity contribution in [1.29, 1.82) is 0 Å². The number of aliphatic hydroxyl groups excluding tert-OH is 1. The van der Waals surface area contributed by atoms with E-state index >= 15 is 0 Å². The summed E-state index contributed by atoms with van der Waals surface area (Å²) in [5.41, 5.74) is -0.256. The first kappa shape index (κ1) is 25.1. The molecule has 0 unspecified atom stereocenters. The van der Waals surface area contributed by atoms with E-state index in [0.717, 1.165) is 11.1 Å². The van der Waals surface area contributed by atoms with Crippen LogP contribution in [0.25, 0.3) is 0 Å². The van der Waals surface area contributed by atoms with Gasteiger partial charge in [0.05, 0.1) is 18.3 Å². The molecule has 0 aromatic rings. The molecule has 2 fully saturated rings. The first-order chi connectivity index (χ1) is 15.3. The van der Waals surface area contributed by atoms with Crippen LogP contribution in [0.15, 0.2) is 23.3 Å². The molecule has 4 rings (SSSR count). The molecule has 186 valence electrons. The Balaban J connectivity index is 1.86. The van der Waals surface area contributed by atoms with Gasteiger partial charge >= 0.3 is 0 Å². The minimum absolute atomic E-state index is 0.0480. The van der Waals surface area contributed by atoms with Crippen molar-refractivity contribution < 1.29 is 24.5 Å². The summed E-state index contributed by atoms with van der Waals surface area (Å²) in [6, 6.07) is 0. The summed E-state index contributed by atoms with van der Waals surface area (Å²) in [5, 5.41) is 22.8. The van der Waals surface area contributed by atoms with E-state index in [9.17, 15) is 15.0 Å².